The Bertz CT molecular complexity index is 597. The second-order valence-corrected chi connectivity index (χ2v) is 9.27. The van der Waals surface area contributed by atoms with Crippen molar-refractivity contribution in [2.24, 2.45) is 0 Å². The van der Waals surface area contributed by atoms with Gasteiger partial charge in [-0.05, 0) is 57.8 Å². The van der Waals surface area contributed by atoms with Gasteiger partial charge in [0.2, 0.25) is 5.91 Å². The average molecular weight is 492 g/mol. The zero-order chi connectivity index (χ0) is 26.0. The molecule has 0 saturated heterocycles. The number of rotatable bonds is 23. The fourth-order valence-corrected chi connectivity index (χ4v) is 3.59. The van der Waals surface area contributed by atoms with Crippen molar-refractivity contribution in [1.29, 1.82) is 0 Å². The summed E-state index contributed by atoms with van der Waals surface area (Å²) in [5, 5.41) is 32.6. The highest BCUT2D eigenvalue weighted by Gasteiger charge is 2.19. The van der Waals surface area contributed by atoms with Crippen LogP contribution in [0.15, 0.2) is 48.6 Å². The summed E-state index contributed by atoms with van der Waals surface area (Å²) in [5.74, 6) is -0.348. The topological polar surface area (TPSA) is 89.8 Å². The fourth-order valence-electron chi connectivity index (χ4n) is 3.59. The number of aliphatic hydroxyl groups is 3. The van der Waals surface area contributed by atoms with Crippen LogP contribution in [0.3, 0.4) is 0 Å². The largest absolute Gasteiger partial charge is 0.394 e. The number of nitrogens with one attached hydrogen (secondary N) is 1. The normalized spacial score (nSPS) is 15.0. The fraction of sp³-hybridized carbons (Fsp3) is 0.700. The van der Waals surface area contributed by atoms with Crippen molar-refractivity contribution in [2.75, 3.05) is 6.61 Å². The van der Waals surface area contributed by atoms with Crippen molar-refractivity contribution in [2.45, 2.75) is 128 Å². The van der Waals surface area contributed by atoms with Crippen LogP contribution in [-0.2, 0) is 4.79 Å². The van der Waals surface area contributed by atoms with E-state index >= 15 is 0 Å². The Morgan fingerprint density at radius 2 is 1.29 bits per heavy atom. The molecule has 0 aliphatic heterocycles. The molecule has 0 fully saturated rings. The van der Waals surface area contributed by atoms with Gasteiger partial charge in [-0.2, -0.15) is 0 Å². The minimum Gasteiger partial charge on any atom is -0.394 e. The lowest BCUT2D eigenvalue weighted by molar-refractivity contribution is -0.124. The average Bonchev–Trinajstić information content (AvgIpc) is 2.84. The molecule has 0 saturated carbocycles. The first kappa shape index (κ1) is 33.3. The van der Waals surface area contributed by atoms with E-state index in [1.54, 1.807) is 6.08 Å². The van der Waals surface area contributed by atoms with E-state index in [0.29, 0.717) is 6.42 Å². The molecular weight excluding hydrogens is 438 g/mol. The molecule has 0 bridgehead atoms. The summed E-state index contributed by atoms with van der Waals surface area (Å²) >= 11 is 0. The molecule has 4 N–H and O–H groups in total. The van der Waals surface area contributed by atoms with Gasteiger partial charge in [0.25, 0.3) is 0 Å². The summed E-state index contributed by atoms with van der Waals surface area (Å²) in [4.78, 5) is 12.2. The first-order valence-electron chi connectivity index (χ1n) is 13.9. The number of hydrogen-bond acceptors (Lipinski definition) is 4. The van der Waals surface area contributed by atoms with Crippen LogP contribution in [0.5, 0.6) is 0 Å². The molecule has 5 nitrogen and oxygen atoms in total. The summed E-state index contributed by atoms with van der Waals surface area (Å²) in [6.45, 7) is 4.01. The Hall–Kier alpha value is -1.69. The highest BCUT2D eigenvalue weighted by molar-refractivity contribution is 5.76. The molecule has 0 aliphatic rings. The summed E-state index contributed by atoms with van der Waals surface area (Å²) in [6, 6.07) is -0.768. The van der Waals surface area contributed by atoms with Gasteiger partial charge in [-0.15, -0.1) is 0 Å². The van der Waals surface area contributed by atoms with Crippen LogP contribution < -0.4 is 5.32 Å². The Morgan fingerprint density at radius 1 is 0.714 bits per heavy atom. The van der Waals surface area contributed by atoms with Crippen molar-refractivity contribution >= 4 is 5.91 Å². The van der Waals surface area contributed by atoms with Crippen LogP contribution >= 0.6 is 0 Å². The molecule has 0 radical (unpaired) electrons. The van der Waals surface area contributed by atoms with Gasteiger partial charge in [0.15, 0.2) is 0 Å². The van der Waals surface area contributed by atoms with Crippen molar-refractivity contribution in [3.8, 4) is 0 Å². The summed E-state index contributed by atoms with van der Waals surface area (Å²) < 4.78 is 0. The second-order valence-electron chi connectivity index (χ2n) is 9.27. The van der Waals surface area contributed by atoms with Crippen LogP contribution in [0, 0.1) is 0 Å². The van der Waals surface area contributed by atoms with Gasteiger partial charge in [0, 0.05) is 0 Å². The molecule has 3 unspecified atom stereocenters. The number of allylic oxidation sites excluding steroid dienone is 7. The van der Waals surface area contributed by atoms with E-state index < -0.39 is 18.2 Å². The Kier molecular flexibility index (Phi) is 24.2. The van der Waals surface area contributed by atoms with Gasteiger partial charge in [-0.1, -0.05) is 94.6 Å². The molecule has 0 aromatic carbocycles. The van der Waals surface area contributed by atoms with E-state index in [1.165, 1.54) is 19.3 Å². The maximum atomic E-state index is 12.2. The lowest BCUT2D eigenvalue weighted by Gasteiger charge is -2.20. The van der Waals surface area contributed by atoms with Gasteiger partial charge in [-0.3, -0.25) is 4.79 Å². The molecular formula is C30H53NO4. The Morgan fingerprint density at radius 3 is 1.89 bits per heavy atom. The number of amides is 1. The number of carbonyl (C=O) groups excluding carboxylic acids is 1. The molecule has 0 aliphatic carbocycles. The maximum absolute atomic E-state index is 12.2. The van der Waals surface area contributed by atoms with Gasteiger partial charge >= 0.3 is 0 Å². The van der Waals surface area contributed by atoms with Crippen molar-refractivity contribution < 1.29 is 20.1 Å². The lowest BCUT2D eigenvalue weighted by Crippen LogP contribution is -2.45. The molecule has 5 heteroatoms. The smallest absolute Gasteiger partial charge is 0.222 e. The molecule has 1 amide bonds. The molecule has 0 heterocycles. The SMILES string of the molecule is CCC/C=C/CC/C=C/CC/C=C/C(O)C(CO)NC(=O)CC(O)CCCCC/C=C\CCCC. The summed E-state index contributed by atoms with van der Waals surface area (Å²) in [7, 11) is 0. The van der Waals surface area contributed by atoms with Crippen molar-refractivity contribution in [3.63, 3.8) is 0 Å². The zero-order valence-corrected chi connectivity index (χ0v) is 22.4. The van der Waals surface area contributed by atoms with Crippen LogP contribution in [0.4, 0.5) is 0 Å². The molecule has 0 rings (SSSR count). The van der Waals surface area contributed by atoms with Crippen LogP contribution in [0.25, 0.3) is 0 Å². The van der Waals surface area contributed by atoms with E-state index in [9.17, 15) is 20.1 Å². The van der Waals surface area contributed by atoms with Crippen LogP contribution in [-0.4, -0.2) is 46.1 Å². The monoisotopic (exact) mass is 491 g/mol. The van der Waals surface area contributed by atoms with Gasteiger partial charge in [0.1, 0.15) is 0 Å². The molecule has 35 heavy (non-hydrogen) atoms. The minimum atomic E-state index is -0.959. The van der Waals surface area contributed by atoms with E-state index in [2.05, 4.69) is 55.6 Å². The molecule has 0 aromatic rings. The standard InChI is InChI=1S/C30H53NO4/c1-3-5-7-9-11-13-14-16-18-20-22-24-29(34)28(26-32)31-30(35)25-27(33)23-21-19-17-15-12-10-8-6-4-2/h7,9-10,12,14,16,22,24,27-29,32-34H,3-6,8,11,13,15,17-21,23,25-26H2,1-2H3,(H,31,35)/b9-7+,12-10-,16-14+,24-22+. The quantitative estimate of drug-likeness (QED) is 0.0997. The number of carbonyl (C=O) groups is 1. The third-order valence-corrected chi connectivity index (χ3v) is 5.80. The third-order valence-electron chi connectivity index (χ3n) is 5.80. The summed E-state index contributed by atoms with van der Waals surface area (Å²) in [6.07, 6.45) is 29.5. The number of unbranched alkanes of at least 4 members (excludes halogenated alkanes) is 8. The van der Waals surface area contributed by atoms with E-state index in [4.69, 9.17) is 0 Å². The second kappa shape index (κ2) is 25.4. The first-order chi connectivity index (χ1) is 17.0. The molecule has 202 valence electrons. The maximum Gasteiger partial charge on any atom is 0.222 e. The molecule has 0 aromatic heterocycles. The van der Waals surface area contributed by atoms with E-state index in [1.807, 2.05) is 6.08 Å². The van der Waals surface area contributed by atoms with Gasteiger partial charge < -0.3 is 20.6 Å². The van der Waals surface area contributed by atoms with Crippen LogP contribution in [0.1, 0.15) is 110 Å². The third kappa shape index (κ3) is 22.5. The van der Waals surface area contributed by atoms with Crippen molar-refractivity contribution in [3.05, 3.63) is 48.6 Å². The predicted molar refractivity (Wildman–Crippen MR) is 148 cm³/mol. The first-order valence-corrected chi connectivity index (χ1v) is 13.9. The number of hydrogen-bond donors (Lipinski definition) is 4. The number of aliphatic hydroxyl groups excluding tert-OH is 3. The highest BCUT2D eigenvalue weighted by atomic mass is 16.3. The van der Waals surface area contributed by atoms with E-state index in [-0.39, 0.29) is 18.9 Å². The minimum absolute atomic E-state index is 0.0116. The van der Waals surface area contributed by atoms with Gasteiger partial charge in [0.05, 0.1) is 31.3 Å². The predicted octanol–water partition coefficient (Wildman–Crippen LogP) is 6.30. The highest BCUT2D eigenvalue weighted by Crippen LogP contribution is 2.10. The zero-order valence-electron chi connectivity index (χ0n) is 22.4. The van der Waals surface area contributed by atoms with Gasteiger partial charge in [-0.25, -0.2) is 0 Å². The molecule has 3 atom stereocenters. The van der Waals surface area contributed by atoms with Crippen molar-refractivity contribution in [1.82, 2.24) is 5.32 Å². The molecule has 0 spiro atoms. The Labute approximate surface area is 215 Å². The van der Waals surface area contributed by atoms with Crippen LogP contribution in [0.2, 0.25) is 0 Å². The Balaban J connectivity index is 3.99. The summed E-state index contributed by atoms with van der Waals surface area (Å²) in [5.41, 5.74) is 0. The lowest BCUT2D eigenvalue weighted by atomic mass is 10.1. The van der Waals surface area contributed by atoms with E-state index in [0.717, 1.165) is 64.2 Å².